The van der Waals surface area contributed by atoms with E-state index in [0.717, 1.165) is 0 Å². The van der Waals surface area contributed by atoms with Gasteiger partial charge in [0.15, 0.2) is 0 Å². The van der Waals surface area contributed by atoms with Crippen LogP contribution in [0.5, 0.6) is 0 Å². The Hall–Kier alpha value is 0.690. The molecule has 0 aliphatic rings. The summed E-state index contributed by atoms with van der Waals surface area (Å²) in [4.78, 5) is 0. The van der Waals surface area contributed by atoms with Crippen molar-refractivity contribution in [2.45, 2.75) is 91.9 Å². The molecule has 0 fully saturated rings. The molecule has 0 N–H and O–H groups in total. The lowest BCUT2D eigenvalue weighted by molar-refractivity contribution is -0.923. The number of unbranched alkanes of at least 4 members (excludes halogenated alkanes) is 9. The monoisotopic (exact) mass is 397 g/mol. The van der Waals surface area contributed by atoms with Crippen LogP contribution in [0, 0.1) is 0 Å². The van der Waals surface area contributed by atoms with Gasteiger partial charge in [-0.05, 0) is 33.6 Å². The minimum absolute atomic E-state index is 0. The predicted octanol–water partition coefficient (Wildman–Crippen LogP) is 2.79. The number of halogens is 1. The van der Waals surface area contributed by atoms with Gasteiger partial charge >= 0.3 is 0 Å². The van der Waals surface area contributed by atoms with Crippen LogP contribution in [0.1, 0.15) is 91.9 Å². The molecule has 0 rings (SSSR count). The summed E-state index contributed by atoms with van der Waals surface area (Å²) in [6.07, 6.45) is 14.5. The van der Waals surface area contributed by atoms with Crippen molar-refractivity contribution in [2.75, 3.05) is 26.2 Å². The Labute approximate surface area is 146 Å². The second-order valence-corrected chi connectivity index (χ2v) is 6.20. The Morgan fingerprint density at radius 1 is 0.500 bits per heavy atom. The first-order valence-electron chi connectivity index (χ1n) is 9.09. The molecule has 0 atom stereocenters. The van der Waals surface area contributed by atoms with Gasteiger partial charge in [0.1, 0.15) is 0 Å². The van der Waals surface area contributed by atoms with Crippen molar-refractivity contribution >= 4 is 0 Å². The van der Waals surface area contributed by atoms with E-state index < -0.39 is 0 Å². The standard InChI is InChI=1S/C18H40N.HI/c1-5-9-10-11-12-13-14-15-16-17-18-19(6-2,7-3)8-4;/h5-18H2,1-4H3;1H/q+1;/p-1. The second-order valence-electron chi connectivity index (χ2n) is 6.20. The number of hydrogen-bond donors (Lipinski definition) is 0. The molecule has 0 aromatic rings. The van der Waals surface area contributed by atoms with Gasteiger partial charge in [0.25, 0.3) is 0 Å². The molecule has 0 aromatic carbocycles. The maximum atomic E-state index is 2.35. The number of rotatable bonds is 14. The summed E-state index contributed by atoms with van der Waals surface area (Å²) in [5, 5.41) is 0. The second kappa shape index (κ2) is 16.1. The van der Waals surface area contributed by atoms with Gasteiger partial charge in [0.2, 0.25) is 0 Å². The van der Waals surface area contributed by atoms with Gasteiger partial charge in [-0.15, -0.1) is 0 Å². The molecule has 0 aromatic heterocycles. The molecular formula is C18H40IN. The Kier molecular flexibility index (Phi) is 18.4. The van der Waals surface area contributed by atoms with E-state index in [1.165, 1.54) is 94.9 Å². The molecule has 0 bridgehead atoms. The highest BCUT2D eigenvalue weighted by Gasteiger charge is 2.19. The minimum atomic E-state index is 0. The van der Waals surface area contributed by atoms with Gasteiger partial charge in [-0.3, -0.25) is 0 Å². The van der Waals surface area contributed by atoms with Gasteiger partial charge in [-0.2, -0.15) is 0 Å². The molecule has 0 unspecified atom stereocenters. The summed E-state index contributed by atoms with van der Waals surface area (Å²) in [6, 6.07) is 0. The van der Waals surface area contributed by atoms with Crippen LogP contribution in [-0.2, 0) is 0 Å². The van der Waals surface area contributed by atoms with Gasteiger partial charge in [-0.25, -0.2) is 0 Å². The first-order chi connectivity index (χ1) is 9.24. The quantitative estimate of drug-likeness (QED) is 0.240. The lowest BCUT2D eigenvalue weighted by Gasteiger charge is -2.35. The fourth-order valence-corrected chi connectivity index (χ4v) is 3.08. The maximum Gasteiger partial charge on any atom is 0.0786 e. The van der Waals surface area contributed by atoms with E-state index >= 15 is 0 Å². The van der Waals surface area contributed by atoms with Crippen molar-refractivity contribution in [1.29, 1.82) is 0 Å². The zero-order chi connectivity index (χ0) is 14.4. The highest BCUT2D eigenvalue weighted by atomic mass is 127. The first-order valence-corrected chi connectivity index (χ1v) is 9.09. The average Bonchev–Trinajstić information content (AvgIpc) is 2.46. The van der Waals surface area contributed by atoms with Crippen molar-refractivity contribution in [1.82, 2.24) is 0 Å². The van der Waals surface area contributed by atoms with Gasteiger partial charge in [0.05, 0.1) is 26.2 Å². The summed E-state index contributed by atoms with van der Waals surface area (Å²) in [6.45, 7) is 14.7. The number of nitrogens with zero attached hydrogens (tertiary/aromatic N) is 1. The SMILES string of the molecule is CCCCCCCCCCCC[N+](CC)(CC)CC.[I-]. The molecule has 2 heteroatoms. The van der Waals surface area contributed by atoms with Crippen LogP contribution in [0.4, 0.5) is 0 Å². The van der Waals surface area contributed by atoms with E-state index in [0.29, 0.717) is 0 Å². The van der Waals surface area contributed by atoms with E-state index in [9.17, 15) is 0 Å². The van der Waals surface area contributed by atoms with Crippen LogP contribution in [0.3, 0.4) is 0 Å². The third-order valence-corrected chi connectivity index (χ3v) is 5.00. The van der Waals surface area contributed by atoms with Crippen molar-refractivity contribution in [2.24, 2.45) is 0 Å². The molecule has 124 valence electrons. The highest BCUT2D eigenvalue weighted by molar-refractivity contribution is 4.48. The molecule has 0 amide bonds. The zero-order valence-electron chi connectivity index (χ0n) is 14.7. The van der Waals surface area contributed by atoms with Gasteiger partial charge in [0, 0.05) is 0 Å². The molecule has 0 heterocycles. The van der Waals surface area contributed by atoms with E-state index in [2.05, 4.69) is 27.7 Å². The summed E-state index contributed by atoms with van der Waals surface area (Å²) < 4.78 is 1.33. The van der Waals surface area contributed by atoms with Crippen LogP contribution in [0.15, 0.2) is 0 Å². The summed E-state index contributed by atoms with van der Waals surface area (Å²) >= 11 is 0. The van der Waals surface area contributed by atoms with Crippen LogP contribution >= 0.6 is 0 Å². The van der Waals surface area contributed by atoms with Crippen molar-refractivity contribution in [3.05, 3.63) is 0 Å². The van der Waals surface area contributed by atoms with Crippen LogP contribution in [-0.4, -0.2) is 30.7 Å². The van der Waals surface area contributed by atoms with Gasteiger partial charge in [-0.1, -0.05) is 58.3 Å². The zero-order valence-corrected chi connectivity index (χ0v) is 16.9. The largest absolute Gasteiger partial charge is 1.00 e. The van der Waals surface area contributed by atoms with Gasteiger partial charge < -0.3 is 28.5 Å². The van der Waals surface area contributed by atoms with Crippen molar-refractivity contribution in [3.8, 4) is 0 Å². The van der Waals surface area contributed by atoms with Crippen LogP contribution in [0.2, 0.25) is 0 Å². The summed E-state index contributed by atoms with van der Waals surface area (Å²) in [7, 11) is 0. The summed E-state index contributed by atoms with van der Waals surface area (Å²) in [5.41, 5.74) is 0. The lowest BCUT2D eigenvalue weighted by Crippen LogP contribution is -3.00. The molecular weight excluding hydrogens is 357 g/mol. The molecule has 0 spiro atoms. The van der Waals surface area contributed by atoms with E-state index in [1.807, 2.05) is 0 Å². The molecule has 1 nitrogen and oxygen atoms in total. The lowest BCUT2D eigenvalue weighted by atomic mass is 10.1. The Morgan fingerprint density at radius 2 is 0.850 bits per heavy atom. The molecule has 20 heavy (non-hydrogen) atoms. The fraction of sp³-hybridized carbons (Fsp3) is 1.00. The molecule has 0 aliphatic carbocycles. The maximum absolute atomic E-state index is 2.35. The average molecular weight is 397 g/mol. The van der Waals surface area contributed by atoms with Crippen molar-refractivity contribution < 1.29 is 28.5 Å². The van der Waals surface area contributed by atoms with E-state index in [-0.39, 0.29) is 24.0 Å². The predicted molar refractivity (Wildman–Crippen MR) is 88.6 cm³/mol. The molecule has 0 aliphatic heterocycles. The summed E-state index contributed by atoms with van der Waals surface area (Å²) in [5.74, 6) is 0. The fourth-order valence-electron chi connectivity index (χ4n) is 3.08. The third kappa shape index (κ3) is 11.4. The van der Waals surface area contributed by atoms with E-state index in [1.54, 1.807) is 0 Å². The Bertz CT molecular complexity index is 170. The Balaban J connectivity index is 0. The topological polar surface area (TPSA) is 0 Å². The first kappa shape index (κ1) is 23.0. The molecule has 0 radical (unpaired) electrons. The molecule has 0 saturated heterocycles. The molecule has 0 saturated carbocycles. The number of hydrogen-bond acceptors (Lipinski definition) is 0. The van der Waals surface area contributed by atoms with E-state index in [4.69, 9.17) is 0 Å². The van der Waals surface area contributed by atoms with Crippen LogP contribution < -0.4 is 24.0 Å². The normalized spacial score (nSPS) is 11.4. The van der Waals surface area contributed by atoms with Crippen LogP contribution in [0.25, 0.3) is 0 Å². The highest BCUT2D eigenvalue weighted by Crippen LogP contribution is 2.13. The van der Waals surface area contributed by atoms with Crippen molar-refractivity contribution in [3.63, 3.8) is 0 Å². The minimum Gasteiger partial charge on any atom is -1.00 e. The Morgan fingerprint density at radius 3 is 1.20 bits per heavy atom. The number of quaternary nitrogens is 1. The third-order valence-electron chi connectivity index (χ3n) is 5.00. The smallest absolute Gasteiger partial charge is 0.0786 e.